The van der Waals surface area contributed by atoms with E-state index in [0.717, 1.165) is 11.4 Å². The first-order valence-electron chi connectivity index (χ1n) is 7.01. The molecule has 6 heteroatoms. The molecule has 1 aliphatic rings. The number of carbonyl (C=O) groups excluding carboxylic acids is 2. The predicted octanol–water partition coefficient (Wildman–Crippen LogP) is 2.86. The smallest absolute Gasteiger partial charge is 0.323 e. The van der Waals surface area contributed by atoms with Crippen molar-refractivity contribution < 1.29 is 9.59 Å². The average Bonchev–Trinajstić information content (AvgIpc) is 2.95. The Bertz CT molecular complexity index is 670. The number of anilines is 3. The molecule has 1 saturated heterocycles. The number of rotatable bonds is 3. The third-order valence-electron chi connectivity index (χ3n) is 3.33. The number of hydrogen-bond donors (Lipinski definition) is 3. The van der Waals surface area contributed by atoms with Gasteiger partial charge >= 0.3 is 12.1 Å². The Hall–Kier alpha value is -3.02. The molecule has 112 valence electrons. The molecule has 1 heterocycles. The van der Waals surface area contributed by atoms with Crippen LogP contribution in [0.1, 0.15) is 0 Å². The van der Waals surface area contributed by atoms with E-state index in [-0.39, 0.29) is 12.1 Å². The summed E-state index contributed by atoms with van der Waals surface area (Å²) in [6.45, 7) is 1.30. The van der Waals surface area contributed by atoms with Crippen molar-refractivity contribution in [2.45, 2.75) is 0 Å². The van der Waals surface area contributed by atoms with Crippen molar-refractivity contribution in [1.82, 2.24) is 5.32 Å². The molecule has 0 atom stereocenters. The lowest BCUT2D eigenvalue weighted by Crippen LogP contribution is -2.27. The summed E-state index contributed by atoms with van der Waals surface area (Å²) in [5.74, 6) is 0. The molecule has 0 aliphatic carbocycles. The number of hydrogen-bond acceptors (Lipinski definition) is 2. The fourth-order valence-electron chi connectivity index (χ4n) is 2.26. The first-order chi connectivity index (χ1) is 10.7. The molecule has 3 N–H and O–H groups in total. The second kappa shape index (κ2) is 6.17. The maximum absolute atomic E-state index is 11.9. The fraction of sp³-hybridized carbons (Fsp3) is 0.125. The topological polar surface area (TPSA) is 73.5 Å². The fourth-order valence-corrected chi connectivity index (χ4v) is 2.26. The van der Waals surface area contributed by atoms with Gasteiger partial charge < -0.3 is 16.0 Å². The van der Waals surface area contributed by atoms with Crippen LogP contribution in [0.15, 0.2) is 54.6 Å². The minimum Gasteiger partial charge on any atom is -0.336 e. The number of nitrogens with one attached hydrogen (secondary N) is 3. The molecule has 0 unspecified atom stereocenters. The molecule has 2 aromatic carbocycles. The second-order valence-electron chi connectivity index (χ2n) is 4.88. The second-order valence-corrected chi connectivity index (χ2v) is 4.88. The number of para-hydroxylation sites is 1. The van der Waals surface area contributed by atoms with Crippen LogP contribution >= 0.6 is 0 Å². The van der Waals surface area contributed by atoms with Gasteiger partial charge in [0.2, 0.25) is 0 Å². The lowest BCUT2D eigenvalue weighted by atomic mass is 10.2. The Balaban J connectivity index is 1.61. The van der Waals surface area contributed by atoms with Crippen LogP contribution in [0.5, 0.6) is 0 Å². The third kappa shape index (κ3) is 3.17. The quantitative estimate of drug-likeness (QED) is 0.815. The van der Waals surface area contributed by atoms with Crippen LogP contribution < -0.4 is 20.9 Å². The molecule has 1 aliphatic heterocycles. The summed E-state index contributed by atoms with van der Waals surface area (Å²) in [4.78, 5) is 25.1. The first-order valence-corrected chi connectivity index (χ1v) is 7.01. The Morgan fingerprint density at radius 2 is 1.59 bits per heavy atom. The zero-order valence-electron chi connectivity index (χ0n) is 11.9. The van der Waals surface area contributed by atoms with Gasteiger partial charge in [-0.25, -0.2) is 9.59 Å². The minimum absolute atomic E-state index is 0.0949. The summed E-state index contributed by atoms with van der Waals surface area (Å²) in [6.07, 6.45) is 0. The average molecular weight is 296 g/mol. The summed E-state index contributed by atoms with van der Waals surface area (Å²) in [7, 11) is 0. The summed E-state index contributed by atoms with van der Waals surface area (Å²) in [5.41, 5.74) is 2.20. The third-order valence-corrected chi connectivity index (χ3v) is 3.33. The minimum atomic E-state index is -0.308. The van der Waals surface area contributed by atoms with Crippen molar-refractivity contribution in [3.63, 3.8) is 0 Å². The molecule has 1 fully saturated rings. The summed E-state index contributed by atoms with van der Waals surface area (Å²) < 4.78 is 0. The number of urea groups is 2. The molecular weight excluding hydrogens is 280 g/mol. The molecule has 0 saturated carbocycles. The highest BCUT2D eigenvalue weighted by Crippen LogP contribution is 2.19. The van der Waals surface area contributed by atoms with E-state index in [2.05, 4.69) is 16.0 Å². The van der Waals surface area contributed by atoms with E-state index in [1.807, 2.05) is 42.5 Å². The van der Waals surface area contributed by atoms with Crippen LogP contribution in [0.4, 0.5) is 26.7 Å². The highest BCUT2D eigenvalue weighted by atomic mass is 16.2. The molecule has 0 radical (unpaired) electrons. The van der Waals surface area contributed by atoms with Crippen molar-refractivity contribution in [3.8, 4) is 0 Å². The van der Waals surface area contributed by atoms with Crippen molar-refractivity contribution >= 4 is 29.1 Å². The molecule has 4 amide bonds. The van der Waals surface area contributed by atoms with Crippen molar-refractivity contribution in [2.24, 2.45) is 0 Å². The Morgan fingerprint density at radius 1 is 0.955 bits per heavy atom. The van der Waals surface area contributed by atoms with E-state index >= 15 is 0 Å². The Kier molecular flexibility index (Phi) is 3.91. The molecule has 0 spiro atoms. The standard InChI is InChI=1S/C16H16N4O2/c21-15(18-12-4-2-1-3-5-12)19-13-6-8-14(9-7-13)20-11-10-17-16(20)22/h1-9H,10-11H2,(H,17,22)(H2,18,19,21). The van der Waals surface area contributed by atoms with Gasteiger partial charge in [0, 0.05) is 30.2 Å². The van der Waals surface area contributed by atoms with Gasteiger partial charge in [-0.1, -0.05) is 18.2 Å². The predicted molar refractivity (Wildman–Crippen MR) is 86.3 cm³/mol. The van der Waals surface area contributed by atoms with Gasteiger partial charge in [0.15, 0.2) is 0 Å². The van der Waals surface area contributed by atoms with Crippen LogP contribution in [0, 0.1) is 0 Å². The summed E-state index contributed by atoms with van der Waals surface area (Å²) in [6, 6.07) is 16.0. The van der Waals surface area contributed by atoms with Crippen molar-refractivity contribution in [1.29, 1.82) is 0 Å². The van der Waals surface area contributed by atoms with E-state index in [1.165, 1.54) is 0 Å². The normalized spacial score (nSPS) is 13.6. The van der Waals surface area contributed by atoms with E-state index in [1.54, 1.807) is 17.0 Å². The van der Waals surface area contributed by atoms with Gasteiger partial charge in [0.25, 0.3) is 0 Å². The maximum atomic E-state index is 11.9. The highest BCUT2D eigenvalue weighted by molar-refractivity contribution is 6.00. The monoisotopic (exact) mass is 296 g/mol. The number of benzene rings is 2. The van der Waals surface area contributed by atoms with Gasteiger partial charge in [-0.2, -0.15) is 0 Å². The van der Waals surface area contributed by atoms with E-state index in [4.69, 9.17) is 0 Å². The zero-order chi connectivity index (χ0) is 15.4. The number of carbonyl (C=O) groups is 2. The molecule has 0 bridgehead atoms. The molecule has 6 nitrogen and oxygen atoms in total. The SMILES string of the molecule is O=C(Nc1ccccc1)Nc1ccc(N2CCNC2=O)cc1. The van der Waals surface area contributed by atoms with Crippen LogP contribution in [-0.2, 0) is 0 Å². The molecule has 0 aromatic heterocycles. The molecule has 2 aromatic rings. The molecule has 22 heavy (non-hydrogen) atoms. The Labute approximate surface area is 128 Å². The van der Waals surface area contributed by atoms with Gasteiger partial charge in [0.05, 0.1) is 0 Å². The largest absolute Gasteiger partial charge is 0.336 e. The lowest BCUT2D eigenvalue weighted by Gasteiger charge is -2.14. The first kappa shape index (κ1) is 13.9. The Morgan fingerprint density at radius 3 is 2.18 bits per heavy atom. The van der Waals surface area contributed by atoms with Crippen LogP contribution in [0.3, 0.4) is 0 Å². The lowest BCUT2D eigenvalue weighted by molar-refractivity contribution is 0.252. The summed E-state index contributed by atoms with van der Waals surface area (Å²) in [5, 5.41) is 8.24. The number of nitrogens with zero attached hydrogens (tertiary/aromatic N) is 1. The maximum Gasteiger partial charge on any atom is 0.323 e. The number of amides is 4. The molecule has 3 rings (SSSR count). The van der Waals surface area contributed by atoms with Gasteiger partial charge in [0.1, 0.15) is 0 Å². The van der Waals surface area contributed by atoms with Crippen molar-refractivity contribution in [3.05, 3.63) is 54.6 Å². The van der Waals surface area contributed by atoms with Gasteiger partial charge in [-0.3, -0.25) is 4.90 Å². The summed E-state index contributed by atoms with van der Waals surface area (Å²) >= 11 is 0. The zero-order valence-corrected chi connectivity index (χ0v) is 11.9. The highest BCUT2D eigenvalue weighted by Gasteiger charge is 2.20. The van der Waals surface area contributed by atoms with E-state index < -0.39 is 0 Å². The van der Waals surface area contributed by atoms with Crippen LogP contribution in [-0.4, -0.2) is 25.2 Å². The van der Waals surface area contributed by atoms with Gasteiger partial charge in [-0.15, -0.1) is 0 Å². The van der Waals surface area contributed by atoms with Crippen LogP contribution in [0.25, 0.3) is 0 Å². The molecular formula is C16H16N4O2. The van der Waals surface area contributed by atoms with Crippen LogP contribution in [0.2, 0.25) is 0 Å². The van der Waals surface area contributed by atoms with Gasteiger partial charge in [-0.05, 0) is 36.4 Å². The van der Waals surface area contributed by atoms with E-state index in [0.29, 0.717) is 18.8 Å². The van der Waals surface area contributed by atoms with Crippen molar-refractivity contribution in [2.75, 3.05) is 28.6 Å². The van der Waals surface area contributed by atoms with E-state index in [9.17, 15) is 9.59 Å².